The molecule has 4 aliphatic heterocycles. The van der Waals surface area contributed by atoms with Crippen molar-refractivity contribution >= 4 is 63.2 Å². The zero-order valence-corrected chi connectivity index (χ0v) is 54.3. The average molecular weight is 1250 g/mol. The monoisotopic (exact) mass is 1250 g/mol. The second-order valence-corrected chi connectivity index (χ2v) is 24.2. The molecule has 0 unspecified atom stereocenters. The van der Waals surface area contributed by atoms with Crippen molar-refractivity contribution < 1.29 is 48.4 Å². The van der Waals surface area contributed by atoms with Crippen molar-refractivity contribution in [3.05, 3.63) is 109 Å². The van der Waals surface area contributed by atoms with Crippen molar-refractivity contribution in [2.24, 2.45) is 0 Å². The number of piperazine rings is 2. The van der Waals surface area contributed by atoms with Gasteiger partial charge in [-0.05, 0) is 76.6 Å². The Hall–Kier alpha value is -7.21. The van der Waals surface area contributed by atoms with Crippen LogP contribution in [0.3, 0.4) is 0 Å². The molecule has 10 heterocycles. The molecule has 4 fully saturated rings. The first-order valence-electron chi connectivity index (χ1n) is 31.7. The van der Waals surface area contributed by atoms with Crippen molar-refractivity contribution in [1.82, 2.24) is 68.6 Å². The van der Waals surface area contributed by atoms with Crippen molar-refractivity contribution in [1.29, 1.82) is 0 Å². The molecule has 2 aromatic carbocycles. The molecule has 4 N–H and O–H groups in total. The normalized spacial score (nSPS) is 16.5. The van der Waals surface area contributed by atoms with Crippen LogP contribution in [0.4, 0.5) is 35.2 Å². The van der Waals surface area contributed by atoms with Crippen molar-refractivity contribution in [3.63, 3.8) is 0 Å². The molecule has 4 saturated heterocycles. The number of hydrogen-bond donors (Lipinski definition) is 3. The number of aromatic nitrogens is 10. The van der Waals surface area contributed by atoms with Gasteiger partial charge in [0, 0.05) is 174 Å². The predicted molar refractivity (Wildman–Crippen MR) is 358 cm³/mol. The van der Waals surface area contributed by atoms with Crippen molar-refractivity contribution in [2.45, 2.75) is 105 Å². The topological polar surface area (TPSA) is 251 Å². The Labute approximate surface area is 553 Å². The largest absolute Gasteiger partial charge is 1.00 e. The van der Waals surface area contributed by atoms with Gasteiger partial charge in [0.2, 0.25) is 11.9 Å². The van der Waals surface area contributed by atoms with Gasteiger partial charge in [0.1, 0.15) is 52.6 Å². The number of methoxy groups -OCH3 is 2. The standard InChI is InChI=1S/C34H45N9O3.C32H43N9O2.CH4.Li.H2O/c1-24(2)43-30-21-32(38-31-9-12-35-34(39-31)42-13-10-28(45-4)11-14-42)36-22-29(30)37-33(43)27-7-5-26(6-8-27)23-41-17-15-40(16-18-41)19-20-46-25(3)44;1-23(2)41-28-20-30(36-29-8-11-33-32(37-29)40-12-9-26(43-3)10-13-40)34-21-27(28)35-31(41)25-6-4-24(5-7-25)22-39-16-14-38(15-17-39)18-19-42;;;/h5-9,12,21-22,24,28H,10-11,13-20,23H2,1-4H3,(H,35,36,38,39);4-8,11,20-21,23,26,42H,9-10,12-19,22H2,1-3H3,(H,33,34,36,37);1H4;;1H2/q;;;+1;/p-1. The maximum atomic E-state index is 11.0. The number of aliphatic hydroxyl groups is 1. The van der Waals surface area contributed by atoms with Gasteiger partial charge >= 0.3 is 24.8 Å². The molecule has 0 radical (unpaired) electrons. The quantitative estimate of drug-likeness (QED) is 0.0558. The molecule has 0 amide bonds. The van der Waals surface area contributed by atoms with Gasteiger partial charge in [-0.15, -0.1) is 0 Å². The molecule has 0 aliphatic carbocycles. The van der Waals surface area contributed by atoms with Crippen LogP contribution in [-0.2, 0) is 32.1 Å². The molecule has 0 bridgehead atoms. The first-order valence-corrected chi connectivity index (χ1v) is 31.7. The van der Waals surface area contributed by atoms with Crippen LogP contribution in [0.2, 0.25) is 0 Å². The van der Waals surface area contributed by atoms with Gasteiger partial charge in [-0.3, -0.25) is 24.4 Å². The number of aliphatic hydroxyl groups excluding tert-OH is 1. The Kier molecular flexibility index (Phi) is 25.8. The number of nitrogens with zero attached hydrogens (tertiary/aromatic N) is 16. The van der Waals surface area contributed by atoms with Crippen LogP contribution in [0.15, 0.2) is 97.6 Å². The average Bonchev–Trinajstić information content (AvgIpc) is 1.64. The van der Waals surface area contributed by atoms with Crippen molar-refractivity contribution in [3.8, 4) is 22.8 Å². The van der Waals surface area contributed by atoms with Crippen LogP contribution < -0.4 is 39.3 Å². The third-order valence-corrected chi connectivity index (χ3v) is 17.4. The van der Waals surface area contributed by atoms with Gasteiger partial charge in [-0.25, -0.2) is 29.9 Å². The second-order valence-electron chi connectivity index (χ2n) is 24.2. The molecule has 0 saturated carbocycles. The molecule has 24 nitrogen and oxygen atoms in total. The van der Waals surface area contributed by atoms with Crippen LogP contribution in [-0.4, -0.2) is 216 Å². The predicted octanol–water partition coefficient (Wildman–Crippen LogP) is 5.91. The number of β-amino-alcohol motifs (C(OH)–C–C–N with tert-alkyl or cyclic N) is 1. The van der Waals surface area contributed by atoms with E-state index in [1.54, 1.807) is 26.6 Å². The zero-order valence-electron chi connectivity index (χ0n) is 54.3. The number of piperidine rings is 2. The summed E-state index contributed by atoms with van der Waals surface area (Å²) in [6, 6.07) is 25.8. The number of imidazole rings is 2. The number of benzene rings is 2. The second kappa shape index (κ2) is 33.6. The summed E-state index contributed by atoms with van der Waals surface area (Å²) in [5.74, 6) is 5.96. The molecule has 25 heteroatoms. The smallest absolute Gasteiger partial charge is 0.870 e. The van der Waals surface area contributed by atoms with E-state index < -0.39 is 0 Å². The van der Waals surface area contributed by atoms with Gasteiger partial charge < -0.3 is 54.4 Å². The number of carbonyl (C=O) groups is 1. The maximum absolute atomic E-state index is 11.0. The van der Waals surface area contributed by atoms with Gasteiger partial charge in [0.15, 0.2) is 0 Å². The van der Waals surface area contributed by atoms with E-state index in [4.69, 9.17) is 34.1 Å². The zero-order chi connectivity index (χ0) is 61.8. The number of hydrogen-bond acceptors (Lipinski definition) is 22. The fraction of sp³-hybridized carbons (Fsp3) is 0.507. The van der Waals surface area contributed by atoms with Crippen LogP contribution in [0, 0.1) is 0 Å². The Balaban J connectivity index is 0.000000230. The minimum absolute atomic E-state index is 0. The number of pyridine rings is 2. The molecular weight excluding hydrogens is 1160 g/mol. The third-order valence-electron chi connectivity index (χ3n) is 17.4. The van der Waals surface area contributed by atoms with E-state index >= 15 is 0 Å². The van der Waals surface area contributed by atoms with Gasteiger partial charge in [-0.1, -0.05) is 56.0 Å². The number of rotatable bonds is 21. The minimum atomic E-state index is -0.216. The van der Waals surface area contributed by atoms with Crippen LogP contribution >= 0.6 is 0 Å². The van der Waals surface area contributed by atoms with Gasteiger partial charge in [0.05, 0.1) is 42.2 Å². The van der Waals surface area contributed by atoms with E-state index in [0.717, 1.165) is 193 Å². The Morgan fingerprint density at radius 3 is 1.30 bits per heavy atom. The summed E-state index contributed by atoms with van der Waals surface area (Å²) in [5, 5.41) is 16.0. The van der Waals surface area contributed by atoms with Gasteiger partial charge in [-0.2, -0.15) is 9.97 Å². The van der Waals surface area contributed by atoms with E-state index in [9.17, 15) is 9.90 Å². The number of esters is 1. The molecule has 92 heavy (non-hydrogen) atoms. The molecular formula is C67H93LiN18O6. The number of nitrogens with one attached hydrogen (secondary N) is 2. The molecule has 0 spiro atoms. The first kappa shape index (κ1) is 70.7. The van der Waals surface area contributed by atoms with Crippen LogP contribution in [0.25, 0.3) is 44.8 Å². The summed E-state index contributed by atoms with van der Waals surface area (Å²) in [6.45, 7) is 25.8. The molecule has 6 aromatic heterocycles. The van der Waals surface area contributed by atoms with E-state index in [1.165, 1.54) is 18.1 Å². The number of anilines is 6. The molecule has 4 aliphatic rings. The number of carbonyl (C=O) groups excluding carboxylic acids is 1. The number of ether oxygens (including phenoxy) is 3. The van der Waals surface area contributed by atoms with Crippen LogP contribution in [0.1, 0.15) is 90.9 Å². The first-order chi connectivity index (χ1) is 43.4. The fourth-order valence-electron chi connectivity index (χ4n) is 12.4. The maximum Gasteiger partial charge on any atom is 1.00 e. The molecule has 488 valence electrons. The van der Waals surface area contributed by atoms with E-state index in [-0.39, 0.29) is 56.4 Å². The number of fused-ring (bicyclic) bond motifs is 2. The van der Waals surface area contributed by atoms with Gasteiger partial charge in [0.25, 0.3) is 0 Å². The Morgan fingerprint density at radius 2 is 0.935 bits per heavy atom. The molecule has 12 rings (SSSR count). The molecule has 0 atom stereocenters. The molecule has 8 aromatic rings. The van der Waals surface area contributed by atoms with E-state index in [2.05, 4.69) is 157 Å². The van der Waals surface area contributed by atoms with Crippen LogP contribution in [0.5, 0.6) is 0 Å². The summed E-state index contributed by atoms with van der Waals surface area (Å²) in [5.41, 5.74) is 8.52. The Morgan fingerprint density at radius 1 is 0.543 bits per heavy atom. The summed E-state index contributed by atoms with van der Waals surface area (Å²) in [7, 11) is 3.56. The van der Waals surface area contributed by atoms with Crippen molar-refractivity contribution in [2.75, 3.05) is 139 Å². The van der Waals surface area contributed by atoms with E-state index in [1.807, 2.05) is 24.5 Å². The Bertz CT molecular complexity index is 3580. The minimum Gasteiger partial charge on any atom is -0.870 e. The summed E-state index contributed by atoms with van der Waals surface area (Å²) < 4.78 is 20.7. The SMILES string of the molecule is C.COC1CCN(c2nccc(Nc3cc4c(cn3)nc(-c3ccc(CN5CCN(CCO)CC5)cc3)n4C(C)C)n2)CC1.COC1CCN(c2nccc(Nc3cc4c(cn3)nc(-c3ccc(CN5CCN(CCOC(C)=O)CC5)cc3)n4C(C)C)n2)CC1.[Li+].[OH-]. The summed E-state index contributed by atoms with van der Waals surface area (Å²) >= 11 is 0. The fourth-order valence-corrected chi connectivity index (χ4v) is 12.4. The summed E-state index contributed by atoms with van der Waals surface area (Å²) in [6.07, 6.45) is 11.8. The third kappa shape index (κ3) is 17.9. The van der Waals surface area contributed by atoms with E-state index in [0.29, 0.717) is 36.3 Å². The summed E-state index contributed by atoms with van der Waals surface area (Å²) in [4.78, 5) is 63.0.